The Morgan fingerprint density at radius 1 is 1.55 bits per heavy atom. The summed E-state index contributed by atoms with van der Waals surface area (Å²) in [4.78, 5) is 11.9. The van der Waals surface area contributed by atoms with E-state index in [1.165, 1.54) is 0 Å². The minimum atomic E-state index is -0.321. The van der Waals surface area contributed by atoms with E-state index in [0.717, 1.165) is 18.6 Å². The maximum absolute atomic E-state index is 11.9. The molecule has 0 spiro atoms. The molecule has 6 nitrogen and oxygen atoms in total. The molecule has 0 radical (unpaired) electrons. The SMILES string of the molecule is COCC(NC(=O)NCC1(CO)CC1)c1ccc(C)o1. The van der Waals surface area contributed by atoms with E-state index in [4.69, 9.17) is 9.15 Å². The zero-order chi connectivity index (χ0) is 14.6. The molecule has 1 aromatic rings. The predicted octanol–water partition coefficient (Wildman–Crippen LogP) is 1.35. The molecule has 1 aromatic heterocycles. The molecule has 1 aliphatic rings. The number of rotatable bonds is 7. The van der Waals surface area contributed by atoms with Crippen LogP contribution in [0.25, 0.3) is 0 Å². The van der Waals surface area contributed by atoms with Crippen molar-refractivity contribution >= 4 is 6.03 Å². The summed E-state index contributed by atoms with van der Waals surface area (Å²) in [6.07, 6.45) is 1.92. The first kappa shape index (κ1) is 14.9. The lowest BCUT2D eigenvalue weighted by Gasteiger charge is -2.18. The lowest BCUT2D eigenvalue weighted by atomic mass is 10.1. The van der Waals surface area contributed by atoms with Gasteiger partial charge in [-0.3, -0.25) is 0 Å². The van der Waals surface area contributed by atoms with Crippen LogP contribution in [0.1, 0.15) is 30.4 Å². The smallest absolute Gasteiger partial charge is 0.315 e. The van der Waals surface area contributed by atoms with Crippen molar-refractivity contribution in [2.45, 2.75) is 25.8 Å². The molecule has 0 aliphatic heterocycles. The van der Waals surface area contributed by atoms with Gasteiger partial charge < -0.3 is 24.9 Å². The van der Waals surface area contributed by atoms with E-state index in [1.54, 1.807) is 7.11 Å². The second kappa shape index (κ2) is 6.28. The molecule has 1 aliphatic carbocycles. The number of urea groups is 1. The Balaban J connectivity index is 1.86. The maximum atomic E-state index is 11.9. The fourth-order valence-corrected chi connectivity index (χ4v) is 2.05. The molecule has 2 rings (SSSR count). The fraction of sp³-hybridized carbons (Fsp3) is 0.643. The van der Waals surface area contributed by atoms with Crippen LogP contribution in [0.3, 0.4) is 0 Å². The highest BCUT2D eigenvalue weighted by Gasteiger charge is 2.42. The number of aliphatic hydroxyl groups is 1. The predicted molar refractivity (Wildman–Crippen MR) is 73.3 cm³/mol. The largest absolute Gasteiger partial charge is 0.464 e. The van der Waals surface area contributed by atoms with Gasteiger partial charge in [0.2, 0.25) is 0 Å². The summed E-state index contributed by atoms with van der Waals surface area (Å²) in [6.45, 7) is 2.80. The van der Waals surface area contributed by atoms with E-state index in [0.29, 0.717) is 18.9 Å². The Morgan fingerprint density at radius 2 is 2.30 bits per heavy atom. The summed E-state index contributed by atoms with van der Waals surface area (Å²) in [7, 11) is 1.58. The monoisotopic (exact) mass is 282 g/mol. The molecule has 6 heteroatoms. The van der Waals surface area contributed by atoms with Crippen LogP contribution in [0.5, 0.6) is 0 Å². The molecule has 1 unspecified atom stereocenters. The van der Waals surface area contributed by atoms with E-state index in [-0.39, 0.29) is 24.1 Å². The van der Waals surface area contributed by atoms with Crippen LogP contribution in [-0.2, 0) is 4.74 Å². The minimum Gasteiger partial charge on any atom is -0.464 e. The first-order valence-corrected chi connectivity index (χ1v) is 6.79. The zero-order valence-corrected chi connectivity index (χ0v) is 11.9. The summed E-state index contributed by atoms with van der Waals surface area (Å²) in [5, 5.41) is 14.8. The Kier molecular flexibility index (Phi) is 4.67. The van der Waals surface area contributed by atoms with Crippen LogP contribution >= 0.6 is 0 Å². The summed E-state index contributed by atoms with van der Waals surface area (Å²) < 4.78 is 10.6. The van der Waals surface area contributed by atoms with E-state index < -0.39 is 0 Å². The average Bonchev–Trinajstić information content (AvgIpc) is 3.10. The van der Waals surface area contributed by atoms with Gasteiger partial charge in [0.25, 0.3) is 0 Å². The molecular formula is C14H22N2O4. The number of aryl methyl sites for hydroxylation is 1. The third-order valence-electron chi connectivity index (χ3n) is 3.66. The second-order valence-corrected chi connectivity index (χ2v) is 5.44. The molecule has 3 N–H and O–H groups in total. The topological polar surface area (TPSA) is 83.7 Å². The molecule has 0 bridgehead atoms. The normalized spacial score (nSPS) is 17.6. The number of ether oxygens (including phenoxy) is 1. The van der Waals surface area contributed by atoms with E-state index in [2.05, 4.69) is 10.6 Å². The van der Waals surface area contributed by atoms with E-state index in [1.807, 2.05) is 19.1 Å². The van der Waals surface area contributed by atoms with Crippen molar-refractivity contribution < 1.29 is 19.1 Å². The van der Waals surface area contributed by atoms with Crippen molar-refractivity contribution in [1.29, 1.82) is 0 Å². The molecule has 0 saturated heterocycles. The molecule has 2 amide bonds. The molecule has 0 aromatic carbocycles. The van der Waals surface area contributed by atoms with Crippen LogP contribution < -0.4 is 10.6 Å². The highest BCUT2D eigenvalue weighted by molar-refractivity contribution is 5.74. The van der Waals surface area contributed by atoms with Crippen LogP contribution in [0, 0.1) is 12.3 Å². The Hall–Kier alpha value is -1.53. The second-order valence-electron chi connectivity index (χ2n) is 5.44. The van der Waals surface area contributed by atoms with Crippen molar-refractivity contribution in [3.8, 4) is 0 Å². The zero-order valence-electron chi connectivity index (χ0n) is 11.9. The van der Waals surface area contributed by atoms with Crippen molar-refractivity contribution in [1.82, 2.24) is 10.6 Å². The lowest BCUT2D eigenvalue weighted by Crippen LogP contribution is -2.42. The van der Waals surface area contributed by atoms with Gasteiger partial charge in [0, 0.05) is 19.1 Å². The summed E-state index contributed by atoms with van der Waals surface area (Å²) in [5.41, 5.74) is -0.102. The van der Waals surface area contributed by atoms with Gasteiger partial charge in [0.05, 0.1) is 13.2 Å². The number of nitrogens with one attached hydrogen (secondary N) is 2. The molecule has 1 fully saturated rings. The Bertz CT molecular complexity index is 454. The quantitative estimate of drug-likeness (QED) is 0.705. The average molecular weight is 282 g/mol. The first-order valence-electron chi connectivity index (χ1n) is 6.79. The van der Waals surface area contributed by atoms with Crippen LogP contribution in [0.4, 0.5) is 4.79 Å². The number of carbonyl (C=O) groups excluding carboxylic acids is 1. The first-order chi connectivity index (χ1) is 9.58. The molecule has 112 valence electrons. The third-order valence-corrected chi connectivity index (χ3v) is 3.66. The van der Waals surface area contributed by atoms with E-state index >= 15 is 0 Å². The van der Waals surface area contributed by atoms with Crippen LogP contribution in [-0.4, -0.2) is 38.0 Å². The third kappa shape index (κ3) is 3.74. The lowest BCUT2D eigenvalue weighted by molar-refractivity contribution is 0.155. The fourth-order valence-electron chi connectivity index (χ4n) is 2.05. The van der Waals surface area contributed by atoms with E-state index in [9.17, 15) is 9.90 Å². The number of furan rings is 1. The van der Waals surface area contributed by atoms with Gasteiger partial charge in [-0.2, -0.15) is 0 Å². The number of amides is 2. The van der Waals surface area contributed by atoms with Gasteiger partial charge in [-0.05, 0) is 31.9 Å². The summed E-state index contributed by atoms with van der Waals surface area (Å²) >= 11 is 0. The van der Waals surface area contributed by atoms with Crippen LogP contribution in [0.2, 0.25) is 0 Å². The van der Waals surface area contributed by atoms with Crippen molar-refractivity contribution in [2.75, 3.05) is 26.9 Å². The Morgan fingerprint density at radius 3 is 2.80 bits per heavy atom. The molecule has 1 atom stereocenters. The maximum Gasteiger partial charge on any atom is 0.315 e. The minimum absolute atomic E-state index is 0.102. The number of hydrogen-bond donors (Lipinski definition) is 3. The molecule has 1 heterocycles. The van der Waals surface area contributed by atoms with Crippen molar-refractivity contribution in [3.63, 3.8) is 0 Å². The van der Waals surface area contributed by atoms with Crippen molar-refractivity contribution in [2.24, 2.45) is 5.41 Å². The van der Waals surface area contributed by atoms with Gasteiger partial charge >= 0.3 is 6.03 Å². The van der Waals surface area contributed by atoms with Gasteiger partial charge in [-0.25, -0.2) is 4.79 Å². The standard InChI is InChI=1S/C14H22N2O4/c1-10-3-4-12(20-10)11(7-19-2)16-13(18)15-8-14(9-17)5-6-14/h3-4,11,17H,5-9H2,1-2H3,(H2,15,16,18). The van der Waals surface area contributed by atoms with Crippen molar-refractivity contribution in [3.05, 3.63) is 23.7 Å². The molecule has 20 heavy (non-hydrogen) atoms. The number of hydrogen-bond acceptors (Lipinski definition) is 4. The highest BCUT2D eigenvalue weighted by Crippen LogP contribution is 2.44. The van der Waals surface area contributed by atoms with Gasteiger partial charge in [-0.15, -0.1) is 0 Å². The number of carbonyl (C=O) groups is 1. The number of methoxy groups -OCH3 is 1. The van der Waals surface area contributed by atoms with Gasteiger partial charge in [0.15, 0.2) is 0 Å². The van der Waals surface area contributed by atoms with Gasteiger partial charge in [0.1, 0.15) is 17.6 Å². The summed E-state index contributed by atoms with van der Waals surface area (Å²) in [5.74, 6) is 1.46. The molecule has 1 saturated carbocycles. The highest BCUT2D eigenvalue weighted by atomic mass is 16.5. The molecular weight excluding hydrogens is 260 g/mol. The Labute approximate surface area is 118 Å². The number of aliphatic hydroxyl groups excluding tert-OH is 1. The summed E-state index contributed by atoms with van der Waals surface area (Å²) in [6, 6.07) is 3.08. The van der Waals surface area contributed by atoms with Crippen LogP contribution in [0.15, 0.2) is 16.5 Å². The van der Waals surface area contributed by atoms with Gasteiger partial charge in [-0.1, -0.05) is 0 Å².